The van der Waals surface area contributed by atoms with Crippen molar-refractivity contribution in [2.24, 2.45) is 0 Å². The molecule has 0 atom stereocenters. The predicted molar refractivity (Wildman–Crippen MR) is 74.9 cm³/mol. The van der Waals surface area contributed by atoms with Crippen molar-refractivity contribution in [1.82, 2.24) is 20.1 Å². The van der Waals surface area contributed by atoms with Gasteiger partial charge in [0, 0.05) is 16.9 Å². The van der Waals surface area contributed by atoms with Crippen LogP contribution in [0.2, 0.25) is 0 Å². The van der Waals surface area contributed by atoms with Gasteiger partial charge in [-0.3, -0.25) is 0 Å². The van der Waals surface area contributed by atoms with Crippen molar-refractivity contribution in [1.29, 1.82) is 0 Å². The van der Waals surface area contributed by atoms with E-state index in [9.17, 15) is 5.11 Å². The molecule has 0 aliphatic rings. The first-order valence-corrected chi connectivity index (χ1v) is 6.54. The summed E-state index contributed by atoms with van der Waals surface area (Å²) < 4.78 is 5.90. The number of phenolic OH excluding ortho intramolecular Hbond substituents is 1. The maximum Gasteiger partial charge on any atom is 0.262 e. The van der Waals surface area contributed by atoms with Gasteiger partial charge in [0.05, 0.1) is 5.56 Å². The standard InChI is InChI=1S/C13H9BrN4O2/c1-7-5-15-11(16-6-7)12-17-13(20-18-12)9-3-2-8(14)4-10(9)19/h2-6,19H,1H3. The van der Waals surface area contributed by atoms with Gasteiger partial charge in [0.15, 0.2) is 0 Å². The zero-order valence-electron chi connectivity index (χ0n) is 10.4. The Morgan fingerprint density at radius 3 is 2.60 bits per heavy atom. The van der Waals surface area contributed by atoms with E-state index in [1.807, 2.05) is 6.92 Å². The third-order valence-electron chi connectivity index (χ3n) is 2.60. The van der Waals surface area contributed by atoms with Crippen LogP contribution < -0.4 is 0 Å². The number of aryl methyl sites for hydroxylation is 1. The largest absolute Gasteiger partial charge is 0.507 e. The summed E-state index contributed by atoms with van der Waals surface area (Å²) in [5.41, 5.74) is 1.40. The lowest BCUT2D eigenvalue weighted by atomic mass is 10.2. The molecule has 20 heavy (non-hydrogen) atoms. The number of aromatic hydroxyl groups is 1. The van der Waals surface area contributed by atoms with Crippen LogP contribution in [0.1, 0.15) is 5.56 Å². The summed E-state index contributed by atoms with van der Waals surface area (Å²) in [6.07, 6.45) is 3.35. The van der Waals surface area contributed by atoms with Crippen molar-refractivity contribution in [3.8, 4) is 28.9 Å². The Morgan fingerprint density at radius 1 is 1.15 bits per heavy atom. The van der Waals surface area contributed by atoms with E-state index in [0.29, 0.717) is 11.4 Å². The molecule has 3 rings (SSSR count). The first-order chi connectivity index (χ1) is 9.63. The number of benzene rings is 1. The zero-order valence-corrected chi connectivity index (χ0v) is 12.0. The number of hydrogen-bond donors (Lipinski definition) is 1. The molecule has 0 saturated carbocycles. The fraction of sp³-hybridized carbons (Fsp3) is 0.0769. The molecule has 1 N–H and O–H groups in total. The van der Waals surface area contributed by atoms with Gasteiger partial charge in [-0.05, 0) is 30.7 Å². The van der Waals surface area contributed by atoms with Crippen LogP contribution in [0.4, 0.5) is 0 Å². The second-order valence-corrected chi connectivity index (χ2v) is 5.08. The van der Waals surface area contributed by atoms with Crippen LogP contribution in [0.5, 0.6) is 5.75 Å². The van der Waals surface area contributed by atoms with Gasteiger partial charge >= 0.3 is 0 Å². The summed E-state index contributed by atoms with van der Waals surface area (Å²) >= 11 is 3.27. The minimum atomic E-state index is 0.0550. The molecule has 7 heteroatoms. The minimum absolute atomic E-state index is 0.0550. The van der Waals surface area contributed by atoms with Crippen LogP contribution in [0.15, 0.2) is 39.6 Å². The molecule has 100 valence electrons. The molecule has 2 aromatic heterocycles. The predicted octanol–water partition coefficient (Wildman–Crippen LogP) is 2.97. The Morgan fingerprint density at radius 2 is 1.90 bits per heavy atom. The van der Waals surface area contributed by atoms with Crippen LogP contribution in [0.25, 0.3) is 23.1 Å². The highest BCUT2D eigenvalue weighted by atomic mass is 79.9. The summed E-state index contributed by atoms with van der Waals surface area (Å²) in [4.78, 5) is 12.4. The van der Waals surface area contributed by atoms with Gasteiger partial charge in [0.2, 0.25) is 11.6 Å². The minimum Gasteiger partial charge on any atom is -0.507 e. The first-order valence-electron chi connectivity index (χ1n) is 5.75. The van der Waals surface area contributed by atoms with Gasteiger partial charge in [0.25, 0.3) is 5.89 Å². The van der Waals surface area contributed by atoms with Crippen molar-refractivity contribution in [3.05, 3.63) is 40.6 Å². The highest BCUT2D eigenvalue weighted by Crippen LogP contribution is 2.31. The molecule has 0 unspecified atom stereocenters. The molecule has 0 saturated heterocycles. The molecular weight excluding hydrogens is 324 g/mol. The van der Waals surface area contributed by atoms with Crippen LogP contribution in [-0.4, -0.2) is 25.2 Å². The van der Waals surface area contributed by atoms with Gasteiger partial charge in [-0.1, -0.05) is 21.1 Å². The Labute approximate surface area is 122 Å². The van der Waals surface area contributed by atoms with Gasteiger partial charge in [-0.15, -0.1) is 0 Å². The van der Waals surface area contributed by atoms with E-state index >= 15 is 0 Å². The fourth-order valence-electron chi connectivity index (χ4n) is 1.62. The summed E-state index contributed by atoms with van der Waals surface area (Å²) in [7, 11) is 0. The third kappa shape index (κ3) is 2.39. The van der Waals surface area contributed by atoms with E-state index in [1.165, 1.54) is 0 Å². The molecule has 2 heterocycles. The van der Waals surface area contributed by atoms with E-state index in [0.717, 1.165) is 10.0 Å². The number of halogens is 1. The van der Waals surface area contributed by atoms with Crippen LogP contribution in [0.3, 0.4) is 0 Å². The molecule has 0 bridgehead atoms. The molecule has 3 aromatic rings. The van der Waals surface area contributed by atoms with E-state index in [4.69, 9.17) is 4.52 Å². The monoisotopic (exact) mass is 332 g/mol. The summed E-state index contributed by atoms with van der Waals surface area (Å²) in [6.45, 7) is 1.89. The molecule has 0 amide bonds. The second-order valence-electron chi connectivity index (χ2n) is 4.17. The quantitative estimate of drug-likeness (QED) is 0.776. The number of nitrogens with zero attached hydrogens (tertiary/aromatic N) is 4. The summed E-state index contributed by atoms with van der Waals surface area (Å²) in [6, 6.07) is 5.02. The fourth-order valence-corrected chi connectivity index (χ4v) is 1.97. The average Bonchev–Trinajstić information content (AvgIpc) is 2.89. The SMILES string of the molecule is Cc1cnc(-c2noc(-c3ccc(Br)cc3O)n2)nc1. The van der Waals surface area contributed by atoms with Crippen molar-refractivity contribution >= 4 is 15.9 Å². The summed E-state index contributed by atoms with van der Waals surface area (Å²) in [5, 5.41) is 13.7. The third-order valence-corrected chi connectivity index (χ3v) is 3.09. The molecule has 0 fully saturated rings. The van der Waals surface area contributed by atoms with Gasteiger partial charge in [-0.2, -0.15) is 4.98 Å². The average molecular weight is 333 g/mol. The number of hydrogen-bond acceptors (Lipinski definition) is 6. The maximum atomic E-state index is 9.87. The topological polar surface area (TPSA) is 84.9 Å². The number of aromatic nitrogens is 4. The number of phenols is 1. The molecule has 0 spiro atoms. The van der Waals surface area contributed by atoms with Crippen LogP contribution in [0, 0.1) is 6.92 Å². The van der Waals surface area contributed by atoms with Crippen molar-refractivity contribution in [2.45, 2.75) is 6.92 Å². The maximum absolute atomic E-state index is 9.87. The Bertz CT molecular complexity index is 755. The lowest BCUT2D eigenvalue weighted by Gasteiger charge is -1.98. The zero-order chi connectivity index (χ0) is 14.1. The normalized spacial score (nSPS) is 10.7. The molecule has 1 aromatic carbocycles. The summed E-state index contributed by atoms with van der Waals surface area (Å²) in [5.74, 6) is 0.929. The van der Waals surface area contributed by atoms with Crippen LogP contribution in [-0.2, 0) is 0 Å². The Balaban J connectivity index is 1.99. The smallest absolute Gasteiger partial charge is 0.262 e. The Hall–Kier alpha value is -2.28. The highest BCUT2D eigenvalue weighted by molar-refractivity contribution is 9.10. The molecule has 0 radical (unpaired) electrons. The number of rotatable bonds is 2. The van der Waals surface area contributed by atoms with Crippen LogP contribution >= 0.6 is 15.9 Å². The molecular formula is C13H9BrN4O2. The van der Waals surface area contributed by atoms with Crippen molar-refractivity contribution in [2.75, 3.05) is 0 Å². The Kier molecular flexibility index (Phi) is 3.19. The van der Waals surface area contributed by atoms with Crippen molar-refractivity contribution < 1.29 is 9.63 Å². The molecule has 0 aliphatic heterocycles. The van der Waals surface area contributed by atoms with Gasteiger partial charge in [0.1, 0.15) is 5.75 Å². The van der Waals surface area contributed by atoms with E-state index in [2.05, 4.69) is 36.0 Å². The van der Waals surface area contributed by atoms with Gasteiger partial charge in [-0.25, -0.2) is 9.97 Å². The molecule has 0 aliphatic carbocycles. The lowest BCUT2D eigenvalue weighted by molar-refractivity contribution is 0.425. The first kappa shape index (κ1) is 12.7. The van der Waals surface area contributed by atoms with E-state index in [1.54, 1.807) is 30.6 Å². The lowest BCUT2D eigenvalue weighted by Crippen LogP contribution is -1.90. The molecule has 6 nitrogen and oxygen atoms in total. The highest BCUT2D eigenvalue weighted by Gasteiger charge is 2.15. The van der Waals surface area contributed by atoms with E-state index in [-0.39, 0.29) is 17.5 Å². The van der Waals surface area contributed by atoms with Gasteiger partial charge < -0.3 is 9.63 Å². The second kappa shape index (κ2) is 5.01. The van der Waals surface area contributed by atoms with Crippen molar-refractivity contribution in [3.63, 3.8) is 0 Å². The van der Waals surface area contributed by atoms with E-state index < -0.39 is 0 Å².